The van der Waals surface area contributed by atoms with E-state index in [9.17, 15) is 18.4 Å². The molecule has 1 atom stereocenters. The predicted octanol–water partition coefficient (Wildman–Crippen LogP) is 1.17. The van der Waals surface area contributed by atoms with Gasteiger partial charge in [0.25, 0.3) is 5.91 Å². The predicted molar refractivity (Wildman–Crippen MR) is 92.7 cm³/mol. The minimum atomic E-state index is -0.969. The van der Waals surface area contributed by atoms with Crippen molar-refractivity contribution in [1.82, 2.24) is 15.5 Å². The average molecular weight is 369 g/mol. The van der Waals surface area contributed by atoms with Gasteiger partial charge in [-0.3, -0.25) is 14.5 Å². The molecule has 1 aromatic rings. The topological polar surface area (TPSA) is 70.7 Å². The molecule has 0 aliphatic carbocycles. The van der Waals surface area contributed by atoms with E-state index in [4.69, 9.17) is 4.74 Å². The summed E-state index contributed by atoms with van der Waals surface area (Å²) in [6, 6.07) is 2.65. The van der Waals surface area contributed by atoms with Crippen LogP contribution in [0.2, 0.25) is 0 Å². The fourth-order valence-electron chi connectivity index (χ4n) is 2.81. The molecule has 26 heavy (non-hydrogen) atoms. The zero-order valence-corrected chi connectivity index (χ0v) is 15.1. The highest BCUT2D eigenvalue weighted by molar-refractivity contribution is 5.96. The first kappa shape index (κ1) is 20.3. The van der Waals surface area contributed by atoms with Crippen LogP contribution in [0.25, 0.3) is 0 Å². The lowest BCUT2D eigenvalue weighted by Gasteiger charge is -2.33. The Balaban J connectivity index is 1.72. The van der Waals surface area contributed by atoms with E-state index in [1.165, 1.54) is 0 Å². The van der Waals surface area contributed by atoms with Crippen molar-refractivity contribution in [2.24, 2.45) is 5.92 Å². The van der Waals surface area contributed by atoms with Crippen LogP contribution in [0.1, 0.15) is 24.2 Å². The number of carbonyl (C=O) groups excluding carboxylic acids is 2. The lowest BCUT2D eigenvalue weighted by molar-refractivity contribution is -0.121. The molecule has 1 aromatic carbocycles. The summed E-state index contributed by atoms with van der Waals surface area (Å²) in [5.74, 6) is -2.34. The maximum absolute atomic E-state index is 13.5. The van der Waals surface area contributed by atoms with Gasteiger partial charge < -0.3 is 15.4 Å². The Morgan fingerprint density at radius 3 is 2.77 bits per heavy atom. The van der Waals surface area contributed by atoms with Gasteiger partial charge in [0.15, 0.2) is 0 Å². The number of nitrogens with zero attached hydrogens (tertiary/aromatic N) is 1. The molecule has 1 fully saturated rings. The largest absolute Gasteiger partial charge is 0.374 e. The Labute approximate surface area is 151 Å². The van der Waals surface area contributed by atoms with Gasteiger partial charge in [0.1, 0.15) is 11.6 Å². The number of hydrogen-bond donors (Lipinski definition) is 2. The number of carbonyl (C=O) groups is 2. The fraction of sp³-hybridized carbons (Fsp3) is 0.556. The standard InChI is InChI=1S/C18H25F2N3O3/c1-12(2)10-23-5-6-26-14(11-23)8-21-17(24)9-22-18(25)15-4-3-13(19)7-16(15)20/h3-4,7,12,14H,5-6,8-11H2,1-2H3,(H,21,24)(H,22,25). The lowest BCUT2D eigenvalue weighted by atomic mass is 10.2. The zero-order valence-electron chi connectivity index (χ0n) is 15.1. The molecule has 8 heteroatoms. The highest BCUT2D eigenvalue weighted by atomic mass is 19.1. The maximum atomic E-state index is 13.5. The molecule has 0 bridgehead atoms. The van der Waals surface area contributed by atoms with Gasteiger partial charge in [-0.1, -0.05) is 13.8 Å². The molecule has 0 spiro atoms. The summed E-state index contributed by atoms with van der Waals surface area (Å²) in [4.78, 5) is 26.0. The number of benzene rings is 1. The molecule has 2 N–H and O–H groups in total. The van der Waals surface area contributed by atoms with Crippen LogP contribution >= 0.6 is 0 Å². The Morgan fingerprint density at radius 1 is 1.31 bits per heavy atom. The summed E-state index contributed by atoms with van der Waals surface area (Å²) < 4.78 is 32.0. The molecule has 0 aromatic heterocycles. The van der Waals surface area contributed by atoms with Crippen molar-refractivity contribution >= 4 is 11.8 Å². The van der Waals surface area contributed by atoms with Gasteiger partial charge in [-0.05, 0) is 18.1 Å². The van der Waals surface area contributed by atoms with Crippen LogP contribution in [0.5, 0.6) is 0 Å². The SMILES string of the molecule is CC(C)CN1CCOC(CNC(=O)CNC(=O)c2ccc(F)cc2F)C1. The molecule has 0 radical (unpaired) electrons. The van der Waals surface area contributed by atoms with Gasteiger partial charge >= 0.3 is 0 Å². The summed E-state index contributed by atoms with van der Waals surface area (Å²) in [6.45, 7) is 7.57. The number of hydrogen-bond acceptors (Lipinski definition) is 4. The number of morpholine rings is 1. The molecule has 1 aliphatic rings. The van der Waals surface area contributed by atoms with E-state index in [2.05, 4.69) is 29.4 Å². The van der Waals surface area contributed by atoms with Gasteiger partial charge in [-0.2, -0.15) is 0 Å². The van der Waals surface area contributed by atoms with Gasteiger partial charge in [0, 0.05) is 32.2 Å². The summed E-state index contributed by atoms with van der Waals surface area (Å²) in [5.41, 5.74) is -0.306. The second-order valence-electron chi connectivity index (χ2n) is 6.76. The Bertz CT molecular complexity index is 640. The molecule has 1 aliphatic heterocycles. The summed E-state index contributed by atoms with van der Waals surface area (Å²) in [6.07, 6.45) is -0.100. The average Bonchev–Trinajstić information content (AvgIpc) is 2.57. The number of amides is 2. The molecule has 1 unspecified atom stereocenters. The summed E-state index contributed by atoms with van der Waals surface area (Å²) >= 11 is 0. The molecule has 2 amide bonds. The quantitative estimate of drug-likeness (QED) is 0.757. The molecule has 2 rings (SSSR count). The minimum Gasteiger partial charge on any atom is -0.374 e. The number of ether oxygens (including phenoxy) is 1. The molecule has 6 nitrogen and oxygen atoms in total. The van der Waals surface area contributed by atoms with Crippen LogP contribution < -0.4 is 10.6 Å². The van der Waals surface area contributed by atoms with E-state index in [0.717, 1.165) is 31.8 Å². The minimum absolute atomic E-state index is 0.100. The van der Waals surface area contributed by atoms with E-state index in [0.29, 0.717) is 25.1 Å². The van der Waals surface area contributed by atoms with Crippen LogP contribution in [-0.4, -0.2) is 62.1 Å². The van der Waals surface area contributed by atoms with Crippen LogP contribution in [-0.2, 0) is 9.53 Å². The van der Waals surface area contributed by atoms with Crippen molar-refractivity contribution in [1.29, 1.82) is 0 Å². The lowest BCUT2D eigenvalue weighted by Crippen LogP contribution is -2.49. The number of nitrogens with one attached hydrogen (secondary N) is 2. The summed E-state index contributed by atoms with van der Waals surface area (Å²) in [7, 11) is 0. The summed E-state index contributed by atoms with van der Waals surface area (Å²) in [5, 5.41) is 5.01. The van der Waals surface area contributed by atoms with Gasteiger partial charge in [0.2, 0.25) is 5.91 Å². The highest BCUT2D eigenvalue weighted by Crippen LogP contribution is 2.09. The van der Waals surface area contributed by atoms with Crippen LogP contribution in [0.4, 0.5) is 8.78 Å². The Kier molecular flexibility index (Phi) is 7.47. The van der Waals surface area contributed by atoms with Crippen LogP contribution in [0.3, 0.4) is 0 Å². The molecular weight excluding hydrogens is 344 g/mol. The van der Waals surface area contributed by atoms with Crippen molar-refractivity contribution in [2.45, 2.75) is 20.0 Å². The first-order chi connectivity index (χ1) is 12.3. The van der Waals surface area contributed by atoms with Crippen molar-refractivity contribution in [3.05, 3.63) is 35.4 Å². The van der Waals surface area contributed by atoms with E-state index >= 15 is 0 Å². The maximum Gasteiger partial charge on any atom is 0.254 e. The Morgan fingerprint density at radius 2 is 2.08 bits per heavy atom. The third kappa shape index (κ3) is 6.34. The first-order valence-corrected chi connectivity index (χ1v) is 8.69. The van der Waals surface area contributed by atoms with Crippen molar-refractivity contribution in [3.8, 4) is 0 Å². The molecular formula is C18H25F2N3O3. The molecule has 0 saturated carbocycles. The third-order valence-electron chi connectivity index (χ3n) is 3.96. The number of halogens is 2. The van der Waals surface area contributed by atoms with Gasteiger partial charge in [0.05, 0.1) is 24.8 Å². The second-order valence-corrected chi connectivity index (χ2v) is 6.76. The van der Waals surface area contributed by atoms with E-state index in [1.54, 1.807) is 0 Å². The zero-order chi connectivity index (χ0) is 19.1. The van der Waals surface area contributed by atoms with Gasteiger partial charge in [-0.25, -0.2) is 8.78 Å². The van der Waals surface area contributed by atoms with E-state index in [1.807, 2.05) is 0 Å². The number of rotatable bonds is 7. The van der Waals surface area contributed by atoms with Crippen LogP contribution in [0, 0.1) is 17.6 Å². The monoisotopic (exact) mass is 369 g/mol. The first-order valence-electron chi connectivity index (χ1n) is 8.69. The van der Waals surface area contributed by atoms with E-state index in [-0.39, 0.29) is 18.2 Å². The van der Waals surface area contributed by atoms with Gasteiger partial charge in [-0.15, -0.1) is 0 Å². The Hall–Kier alpha value is -2.06. The molecule has 1 heterocycles. The van der Waals surface area contributed by atoms with E-state index < -0.39 is 23.4 Å². The van der Waals surface area contributed by atoms with Crippen molar-refractivity contribution < 1.29 is 23.1 Å². The highest BCUT2D eigenvalue weighted by Gasteiger charge is 2.21. The fourth-order valence-corrected chi connectivity index (χ4v) is 2.81. The van der Waals surface area contributed by atoms with Crippen LogP contribution in [0.15, 0.2) is 18.2 Å². The normalized spacial score (nSPS) is 18.0. The molecule has 1 saturated heterocycles. The van der Waals surface area contributed by atoms with Crippen molar-refractivity contribution in [2.75, 3.05) is 39.3 Å². The second kappa shape index (κ2) is 9.59. The molecule has 144 valence electrons. The third-order valence-corrected chi connectivity index (χ3v) is 3.96. The van der Waals surface area contributed by atoms with Crippen molar-refractivity contribution in [3.63, 3.8) is 0 Å². The smallest absolute Gasteiger partial charge is 0.254 e.